The predicted octanol–water partition coefficient (Wildman–Crippen LogP) is 5.32. The molecule has 1 aliphatic rings. The van der Waals surface area contributed by atoms with Crippen molar-refractivity contribution in [3.05, 3.63) is 53.1 Å². The summed E-state index contributed by atoms with van der Waals surface area (Å²) >= 11 is 1.52. The highest BCUT2D eigenvalue weighted by atomic mass is 32.2. The number of likely N-dealkylation sites (N-methyl/N-ethyl adjacent to an activating group) is 1. The van der Waals surface area contributed by atoms with Crippen molar-refractivity contribution in [2.24, 2.45) is 5.92 Å². The zero-order valence-electron chi connectivity index (χ0n) is 22.5. The van der Waals surface area contributed by atoms with Gasteiger partial charge < -0.3 is 4.90 Å². The van der Waals surface area contributed by atoms with Crippen molar-refractivity contribution in [2.45, 2.75) is 52.4 Å². The number of fused-ring (bicyclic) bond motifs is 1. The quantitative estimate of drug-likeness (QED) is 0.366. The molecule has 0 bridgehead atoms. The Bertz CT molecular complexity index is 1310. The monoisotopic (exact) mass is 542 g/mol. The summed E-state index contributed by atoms with van der Waals surface area (Å²) in [5, 5.41) is 0.663. The number of carbonyl (C=O) groups is 1. The summed E-state index contributed by atoms with van der Waals surface area (Å²) < 4.78 is 29.0. The van der Waals surface area contributed by atoms with Gasteiger partial charge in [0.25, 0.3) is 5.91 Å². The molecule has 0 N–H and O–H groups in total. The Balaban J connectivity index is 1.63. The molecule has 4 rings (SSSR count). The molecular weight excluding hydrogens is 504 g/mol. The SMILES string of the molecule is CCN(CC)CCN(C(=O)c1ccc(S(=O)(=O)N2CCCC(C)C2)cc1)c1nc2cc(C)c(C)cc2s1. The van der Waals surface area contributed by atoms with Crippen LogP contribution in [0.15, 0.2) is 41.3 Å². The van der Waals surface area contributed by atoms with Crippen molar-refractivity contribution in [1.82, 2.24) is 14.2 Å². The molecule has 37 heavy (non-hydrogen) atoms. The molecule has 0 saturated carbocycles. The van der Waals surface area contributed by atoms with Crippen LogP contribution in [0.4, 0.5) is 5.13 Å². The number of aromatic nitrogens is 1. The van der Waals surface area contributed by atoms with Gasteiger partial charge >= 0.3 is 0 Å². The zero-order valence-corrected chi connectivity index (χ0v) is 24.2. The first kappa shape index (κ1) is 27.7. The molecule has 0 spiro atoms. The number of hydrogen-bond donors (Lipinski definition) is 0. The number of amides is 1. The van der Waals surface area contributed by atoms with Crippen molar-refractivity contribution in [3.63, 3.8) is 0 Å². The van der Waals surface area contributed by atoms with E-state index >= 15 is 0 Å². The van der Waals surface area contributed by atoms with E-state index < -0.39 is 10.0 Å². The Morgan fingerprint density at radius 2 is 1.76 bits per heavy atom. The van der Waals surface area contributed by atoms with Gasteiger partial charge in [0.1, 0.15) is 0 Å². The smallest absolute Gasteiger partial charge is 0.260 e. The molecule has 0 radical (unpaired) electrons. The molecule has 1 atom stereocenters. The second kappa shape index (κ2) is 11.6. The normalized spacial score (nSPS) is 17.0. The van der Waals surface area contributed by atoms with Crippen molar-refractivity contribution >= 4 is 42.6 Å². The van der Waals surface area contributed by atoms with Crippen molar-refractivity contribution in [1.29, 1.82) is 0 Å². The summed E-state index contributed by atoms with van der Waals surface area (Å²) in [6.07, 6.45) is 1.92. The highest BCUT2D eigenvalue weighted by Gasteiger charge is 2.29. The number of nitrogens with zero attached hydrogens (tertiary/aromatic N) is 4. The summed E-state index contributed by atoms with van der Waals surface area (Å²) in [6.45, 7) is 14.6. The van der Waals surface area contributed by atoms with Gasteiger partial charge in [-0.1, -0.05) is 32.1 Å². The molecule has 1 amide bonds. The lowest BCUT2D eigenvalue weighted by Gasteiger charge is -2.30. The lowest BCUT2D eigenvalue weighted by Crippen LogP contribution is -2.39. The third-order valence-corrected chi connectivity index (χ3v) is 10.3. The van der Waals surface area contributed by atoms with E-state index in [2.05, 4.69) is 51.7 Å². The predicted molar refractivity (Wildman–Crippen MR) is 152 cm³/mol. The summed E-state index contributed by atoms with van der Waals surface area (Å²) in [4.78, 5) is 22.8. The summed E-state index contributed by atoms with van der Waals surface area (Å²) in [5.74, 6) is 0.181. The molecule has 1 aliphatic heterocycles. The van der Waals surface area contributed by atoms with Gasteiger partial charge in [-0.15, -0.1) is 0 Å². The fourth-order valence-electron chi connectivity index (χ4n) is 4.79. The van der Waals surface area contributed by atoms with E-state index in [1.807, 2.05) is 0 Å². The fourth-order valence-corrected chi connectivity index (χ4v) is 7.46. The maximum absolute atomic E-state index is 13.8. The molecule has 1 saturated heterocycles. The van der Waals surface area contributed by atoms with Gasteiger partial charge in [-0.25, -0.2) is 13.4 Å². The van der Waals surface area contributed by atoms with Crippen LogP contribution in [0.5, 0.6) is 0 Å². The van der Waals surface area contributed by atoms with E-state index in [4.69, 9.17) is 4.98 Å². The molecule has 9 heteroatoms. The Labute approximate surface area is 225 Å². The zero-order chi connectivity index (χ0) is 26.7. The summed E-state index contributed by atoms with van der Waals surface area (Å²) in [7, 11) is -3.57. The van der Waals surface area contributed by atoms with E-state index in [-0.39, 0.29) is 10.8 Å². The number of anilines is 1. The van der Waals surface area contributed by atoms with Gasteiger partial charge in [0.05, 0.1) is 15.1 Å². The van der Waals surface area contributed by atoms with Gasteiger partial charge in [-0.3, -0.25) is 9.69 Å². The Morgan fingerprint density at radius 1 is 1.08 bits per heavy atom. The second-order valence-electron chi connectivity index (χ2n) is 10.0. The maximum Gasteiger partial charge on any atom is 0.260 e. The molecule has 1 fully saturated rings. The maximum atomic E-state index is 13.8. The van der Waals surface area contributed by atoms with Crippen LogP contribution in [-0.2, 0) is 10.0 Å². The molecule has 200 valence electrons. The highest BCUT2D eigenvalue weighted by Crippen LogP contribution is 2.32. The number of benzene rings is 2. The molecule has 2 heterocycles. The molecule has 1 aromatic heterocycles. The lowest BCUT2D eigenvalue weighted by atomic mass is 10.0. The van der Waals surface area contributed by atoms with E-state index in [9.17, 15) is 13.2 Å². The average Bonchev–Trinajstić information content (AvgIpc) is 3.28. The Kier molecular flexibility index (Phi) is 8.68. The Morgan fingerprint density at radius 3 is 2.41 bits per heavy atom. The number of rotatable bonds is 9. The second-order valence-corrected chi connectivity index (χ2v) is 13.0. The largest absolute Gasteiger partial charge is 0.302 e. The van der Waals surface area contributed by atoms with Crippen molar-refractivity contribution in [3.8, 4) is 0 Å². The fraction of sp³-hybridized carbons (Fsp3) is 0.500. The van der Waals surface area contributed by atoms with Crippen LogP contribution in [0.25, 0.3) is 10.2 Å². The molecule has 7 nitrogen and oxygen atoms in total. The van der Waals surface area contributed by atoms with Gasteiger partial charge in [0.15, 0.2) is 5.13 Å². The molecule has 2 aromatic carbocycles. The average molecular weight is 543 g/mol. The van der Waals surface area contributed by atoms with Gasteiger partial charge in [-0.2, -0.15) is 4.31 Å². The van der Waals surface area contributed by atoms with E-state index in [0.29, 0.717) is 36.2 Å². The van der Waals surface area contributed by atoms with Crippen LogP contribution >= 0.6 is 11.3 Å². The number of aryl methyl sites for hydroxylation is 2. The van der Waals surface area contributed by atoms with Crippen molar-refractivity contribution in [2.75, 3.05) is 44.2 Å². The lowest BCUT2D eigenvalue weighted by molar-refractivity contribution is 0.0983. The third kappa shape index (κ3) is 6.06. The van der Waals surface area contributed by atoms with E-state index in [0.717, 1.165) is 42.7 Å². The number of sulfonamides is 1. The van der Waals surface area contributed by atoms with Gasteiger partial charge in [0, 0.05) is 31.7 Å². The van der Waals surface area contributed by atoms with Gasteiger partial charge in [-0.05, 0) is 93.2 Å². The minimum absolute atomic E-state index is 0.171. The molecule has 1 unspecified atom stereocenters. The highest BCUT2D eigenvalue weighted by molar-refractivity contribution is 7.89. The number of hydrogen-bond acceptors (Lipinski definition) is 6. The first-order chi connectivity index (χ1) is 17.6. The molecule has 0 aliphatic carbocycles. The van der Waals surface area contributed by atoms with Crippen LogP contribution < -0.4 is 4.90 Å². The molecular formula is C28H38N4O3S2. The third-order valence-electron chi connectivity index (χ3n) is 7.36. The van der Waals surface area contributed by atoms with Gasteiger partial charge in [0.2, 0.25) is 10.0 Å². The first-order valence-corrected chi connectivity index (χ1v) is 15.4. The van der Waals surface area contributed by atoms with Crippen molar-refractivity contribution < 1.29 is 13.2 Å². The van der Waals surface area contributed by atoms with Crippen LogP contribution in [-0.4, -0.2) is 67.8 Å². The summed E-state index contributed by atoms with van der Waals surface area (Å²) in [6, 6.07) is 10.6. The van der Waals surface area contributed by atoms with Crippen LogP contribution in [0, 0.1) is 19.8 Å². The van der Waals surface area contributed by atoms with E-state index in [1.165, 1.54) is 22.5 Å². The number of piperidine rings is 1. The van der Waals surface area contributed by atoms with Crippen LogP contribution in [0.3, 0.4) is 0 Å². The minimum Gasteiger partial charge on any atom is -0.302 e. The summed E-state index contributed by atoms with van der Waals surface area (Å²) in [5.41, 5.74) is 3.71. The Hall–Kier alpha value is -2.33. The number of thiazole rings is 1. The van der Waals surface area contributed by atoms with Crippen LogP contribution in [0.2, 0.25) is 0 Å². The first-order valence-electron chi connectivity index (χ1n) is 13.2. The molecule has 3 aromatic rings. The van der Waals surface area contributed by atoms with Crippen LogP contribution in [0.1, 0.15) is 55.1 Å². The standard InChI is InChI=1S/C28H38N4O3S2/c1-6-30(7-2)15-16-32(28-29-25-17-21(4)22(5)18-26(25)36-28)27(33)23-10-12-24(13-11-23)37(34,35)31-14-8-9-20(3)19-31/h10-13,17-18,20H,6-9,14-16,19H2,1-5H3. The minimum atomic E-state index is -3.57. The number of carbonyl (C=O) groups excluding carboxylic acids is 1. The topological polar surface area (TPSA) is 73.8 Å². The van der Waals surface area contributed by atoms with E-state index in [1.54, 1.807) is 33.5 Å².